The van der Waals surface area contributed by atoms with Gasteiger partial charge in [-0.1, -0.05) is 42.5 Å². The normalized spacial score (nSPS) is 14.6. The molecule has 0 N–H and O–H groups in total. The molecule has 4 nitrogen and oxygen atoms in total. The van der Waals surface area contributed by atoms with Crippen LogP contribution in [0.5, 0.6) is 0 Å². The molecule has 0 saturated carbocycles. The van der Waals surface area contributed by atoms with Gasteiger partial charge in [-0.25, -0.2) is 4.98 Å². The molecule has 1 aliphatic heterocycles. The van der Waals surface area contributed by atoms with E-state index in [0.717, 1.165) is 46.9 Å². The number of alkyl halides is 3. The molecule has 5 rings (SSSR count). The molecule has 0 unspecified atom stereocenters. The zero-order valence-electron chi connectivity index (χ0n) is 17.3. The van der Waals surface area contributed by atoms with Gasteiger partial charge in [0.2, 0.25) is 0 Å². The van der Waals surface area contributed by atoms with E-state index in [2.05, 4.69) is 4.98 Å². The number of aliphatic imine (C=N–C) groups is 1. The molecule has 162 valence electrons. The van der Waals surface area contributed by atoms with Gasteiger partial charge in [-0.15, -0.1) is 0 Å². The third-order valence-corrected chi connectivity index (χ3v) is 5.66. The van der Waals surface area contributed by atoms with Gasteiger partial charge in [-0.3, -0.25) is 4.99 Å². The number of hydrogen-bond acceptors (Lipinski definition) is 2. The Kier molecular flexibility index (Phi) is 5.17. The van der Waals surface area contributed by atoms with E-state index in [9.17, 15) is 13.2 Å². The van der Waals surface area contributed by atoms with Crippen LogP contribution < -0.4 is 4.90 Å². The molecule has 0 radical (unpaired) electrons. The highest BCUT2D eigenvalue weighted by Crippen LogP contribution is 2.39. The van der Waals surface area contributed by atoms with Crippen LogP contribution in [-0.4, -0.2) is 21.9 Å². The van der Waals surface area contributed by atoms with E-state index in [-0.39, 0.29) is 0 Å². The molecule has 0 spiro atoms. The molecule has 1 aromatic heterocycles. The average molecular weight is 434 g/mol. The van der Waals surface area contributed by atoms with Crippen molar-refractivity contribution in [3.63, 3.8) is 0 Å². The number of aryl methyl sites for hydroxylation is 1. The number of anilines is 1. The zero-order chi connectivity index (χ0) is 22.1. The van der Waals surface area contributed by atoms with Crippen LogP contribution in [0.1, 0.15) is 23.1 Å². The van der Waals surface area contributed by atoms with Crippen molar-refractivity contribution in [2.75, 3.05) is 11.4 Å². The van der Waals surface area contributed by atoms with Crippen LogP contribution in [0.25, 0.3) is 10.8 Å². The van der Waals surface area contributed by atoms with Gasteiger partial charge < -0.3 is 9.47 Å². The van der Waals surface area contributed by atoms with Gasteiger partial charge in [0, 0.05) is 43.0 Å². The minimum Gasteiger partial charge on any atom is -0.337 e. The number of nitrogens with zero attached hydrogens (tertiary/aromatic N) is 4. The fraction of sp³-hybridized carbons (Fsp3) is 0.200. The molecule has 0 atom stereocenters. The van der Waals surface area contributed by atoms with E-state index in [0.29, 0.717) is 18.7 Å². The highest BCUT2D eigenvalue weighted by Gasteiger charge is 2.31. The van der Waals surface area contributed by atoms with Crippen LogP contribution in [0.3, 0.4) is 0 Å². The Hall–Kier alpha value is -3.61. The lowest BCUT2D eigenvalue weighted by atomic mass is 10.1. The van der Waals surface area contributed by atoms with Crippen LogP contribution in [0.4, 0.5) is 18.9 Å². The summed E-state index contributed by atoms with van der Waals surface area (Å²) < 4.78 is 41.7. The predicted molar refractivity (Wildman–Crippen MR) is 120 cm³/mol. The summed E-state index contributed by atoms with van der Waals surface area (Å²) in [5, 5.41) is 2.19. The van der Waals surface area contributed by atoms with E-state index in [1.165, 1.54) is 12.1 Å². The van der Waals surface area contributed by atoms with Gasteiger partial charge in [0.25, 0.3) is 0 Å². The summed E-state index contributed by atoms with van der Waals surface area (Å²) in [5.41, 5.74) is 1.95. The Morgan fingerprint density at radius 3 is 2.56 bits per heavy atom. The lowest BCUT2D eigenvalue weighted by Crippen LogP contribution is -2.27. The van der Waals surface area contributed by atoms with Crippen molar-refractivity contribution >= 4 is 22.3 Å². The maximum absolute atomic E-state index is 13.2. The second-order valence-corrected chi connectivity index (χ2v) is 7.82. The topological polar surface area (TPSA) is 33.4 Å². The van der Waals surface area contributed by atoms with Crippen LogP contribution >= 0.6 is 0 Å². The van der Waals surface area contributed by atoms with Crippen molar-refractivity contribution < 1.29 is 13.2 Å². The van der Waals surface area contributed by atoms with Crippen LogP contribution in [0.2, 0.25) is 0 Å². The fourth-order valence-corrected chi connectivity index (χ4v) is 4.21. The molecular formula is C25H21F3N4. The monoisotopic (exact) mass is 434 g/mol. The molecule has 0 saturated heterocycles. The van der Waals surface area contributed by atoms with E-state index in [1.807, 2.05) is 52.1 Å². The summed E-state index contributed by atoms with van der Waals surface area (Å²) in [5.74, 6) is 0.805. The first-order valence-electron chi connectivity index (χ1n) is 10.5. The van der Waals surface area contributed by atoms with Crippen LogP contribution in [0.15, 0.2) is 84.4 Å². The van der Waals surface area contributed by atoms with Crippen molar-refractivity contribution in [1.82, 2.24) is 9.55 Å². The number of rotatable bonds is 6. The van der Waals surface area contributed by atoms with Gasteiger partial charge in [-0.2, -0.15) is 13.2 Å². The first-order chi connectivity index (χ1) is 15.5. The Morgan fingerprint density at radius 2 is 1.78 bits per heavy atom. The number of aromatic nitrogens is 2. The van der Waals surface area contributed by atoms with Crippen LogP contribution in [-0.2, 0) is 19.3 Å². The molecule has 32 heavy (non-hydrogen) atoms. The average Bonchev–Trinajstić information content (AvgIpc) is 3.40. The Labute approximate surface area is 183 Å². The van der Waals surface area contributed by atoms with Crippen molar-refractivity contribution in [2.45, 2.75) is 25.7 Å². The standard InChI is InChI=1S/C25H21F3N4/c26-25(27,28)20-8-1-5-18(15-20)16-32-22-10-3-7-19-6-2-9-21(23(19)22)24(32)30-11-4-13-31-14-12-29-17-31/h1-3,5-10,12,14-15,17H,4,11,13,16H2/b30-24+. The van der Waals surface area contributed by atoms with E-state index in [1.54, 1.807) is 18.6 Å². The number of amidine groups is 1. The van der Waals surface area contributed by atoms with Gasteiger partial charge in [0.15, 0.2) is 0 Å². The van der Waals surface area contributed by atoms with Crippen molar-refractivity contribution in [1.29, 1.82) is 0 Å². The van der Waals surface area contributed by atoms with Crippen molar-refractivity contribution in [2.24, 2.45) is 4.99 Å². The summed E-state index contributed by atoms with van der Waals surface area (Å²) in [6.45, 7) is 1.73. The number of imidazole rings is 1. The van der Waals surface area contributed by atoms with Crippen molar-refractivity contribution in [3.05, 3.63) is 96.1 Å². The lowest BCUT2D eigenvalue weighted by molar-refractivity contribution is -0.137. The maximum Gasteiger partial charge on any atom is 0.416 e. The first-order valence-corrected chi connectivity index (χ1v) is 10.5. The SMILES string of the molecule is FC(F)(F)c1cccc(CN2/C(=N/CCCn3ccnc3)c3cccc4cccc2c34)c1. The summed E-state index contributed by atoms with van der Waals surface area (Å²) in [6.07, 6.45) is 1.91. The van der Waals surface area contributed by atoms with Gasteiger partial charge in [-0.05, 0) is 35.6 Å². The lowest BCUT2D eigenvalue weighted by Gasteiger charge is -2.22. The Balaban J connectivity index is 1.47. The number of halogens is 3. The third-order valence-electron chi connectivity index (χ3n) is 5.66. The maximum atomic E-state index is 13.2. The zero-order valence-corrected chi connectivity index (χ0v) is 17.3. The quantitative estimate of drug-likeness (QED) is 0.354. The summed E-state index contributed by atoms with van der Waals surface area (Å²) in [4.78, 5) is 11.0. The smallest absolute Gasteiger partial charge is 0.337 e. The molecule has 3 aromatic carbocycles. The number of hydrogen-bond donors (Lipinski definition) is 0. The third kappa shape index (κ3) is 3.86. The molecule has 0 amide bonds. The molecule has 0 fully saturated rings. The number of benzene rings is 3. The van der Waals surface area contributed by atoms with Gasteiger partial charge in [0.1, 0.15) is 5.84 Å². The largest absolute Gasteiger partial charge is 0.416 e. The molecule has 0 bridgehead atoms. The summed E-state index contributed by atoms with van der Waals surface area (Å²) in [7, 11) is 0. The van der Waals surface area contributed by atoms with E-state index < -0.39 is 11.7 Å². The molecule has 7 heteroatoms. The predicted octanol–water partition coefficient (Wildman–Crippen LogP) is 5.91. The van der Waals surface area contributed by atoms with E-state index in [4.69, 9.17) is 4.99 Å². The summed E-state index contributed by atoms with van der Waals surface area (Å²) >= 11 is 0. The van der Waals surface area contributed by atoms with Crippen molar-refractivity contribution in [3.8, 4) is 0 Å². The highest BCUT2D eigenvalue weighted by molar-refractivity contribution is 6.27. The molecule has 1 aliphatic rings. The van der Waals surface area contributed by atoms with Crippen LogP contribution in [0, 0.1) is 0 Å². The Bertz CT molecular complexity index is 1270. The highest BCUT2D eigenvalue weighted by atomic mass is 19.4. The second-order valence-electron chi connectivity index (χ2n) is 7.82. The minimum atomic E-state index is -4.37. The molecule has 0 aliphatic carbocycles. The van der Waals surface area contributed by atoms with E-state index >= 15 is 0 Å². The second kappa shape index (κ2) is 8.15. The first kappa shape index (κ1) is 20.3. The molecular weight excluding hydrogens is 413 g/mol. The fourth-order valence-electron chi connectivity index (χ4n) is 4.21. The Morgan fingerprint density at radius 1 is 0.969 bits per heavy atom. The van der Waals surface area contributed by atoms with Gasteiger partial charge >= 0.3 is 6.18 Å². The van der Waals surface area contributed by atoms with Gasteiger partial charge in [0.05, 0.1) is 17.6 Å². The molecule has 4 aromatic rings. The molecule has 2 heterocycles. The summed E-state index contributed by atoms with van der Waals surface area (Å²) in [6, 6.07) is 17.6. The minimum absolute atomic E-state index is 0.318.